The van der Waals surface area contributed by atoms with Gasteiger partial charge in [-0.05, 0) is 49.1 Å². The molecule has 3 rings (SSSR count). The lowest BCUT2D eigenvalue weighted by Crippen LogP contribution is -2.48. The third-order valence-electron chi connectivity index (χ3n) is 4.67. The van der Waals surface area contributed by atoms with Crippen molar-refractivity contribution in [2.24, 2.45) is 5.92 Å². The fourth-order valence-corrected chi connectivity index (χ4v) is 3.26. The third-order valence-corrected chi connectivity index (χ3v) is 4.92. The van der Waals surface area contributed by atoms with Gasteiger partial charge in [-0.25, -0.2) is 0 Å². The molecule has 0 fully saturated rings. The quantitative estimate of drug-likeness (QED) is 0.347. The molecule has 29 heavy (non-hydrogen) atoms. The van der Waals surface area contributed by atoms with Crippen molar-refractivity contribution >= 4 is 28.9 Å². The minimum atomic E-state index is -0.603. The predicted octanol–water partition coefficient (Wildman–Crippen LogP) is 4.86. The monoisotopic (exact) mass is 418 g/mol. The lowest BCUT2D eigenvalue weighted by atomic mass is 10.0. The zero-order valence-corrected chi connectivity index (χ0v) is 17.1. The first-order chi connectivity index (χ1) is 13.9. The molecular formula is C21H23ClN2O5. The fourth-order valence-electron chi connectivity index (χ4n) is 3.13. The number of anilines is 1. The Balaban J connectivity index is 1.66. The Bertz CT molecular complexity index is 885. The van der Waals surface area contributed by atoms with Crippen LogP contribution in [0.5, 0.6) is 11.5 Å². The predicted molar refractivity (Wildman–Crippen MR) is 111 cm³/mol. The summed E-state index contributed by atoms with van der Waals surface area (Å²) in [5.74, 6) is 1.04. The van der Waals surface area contributed by atoms with Crippen molar-refractivity contribution in [2.75, 3.05) is 18.1 Å². The number of carbonyl (C=O) groups is 1. The minimum absolute atomic E-state index is 0.0124. The Labute approximate surface area is 174 Å². The van der Waals surface area contributed by atoms with Gasteiger partial charge >= 0.3 is 0 Å². The second-order valence-corrected chi connectivity index (χ2v) is 7.63. The summed E-state index contributed by atoms with van der Waals surface area (Å²) in [6.45, 7) is 4.76. The number of carbonyl (C=O) groups excluding carboxylic acids is 1. The summed E-state index contributed by atoms with van der Waals surface area (Å²) < 4.78 is 11.5. The number of nitro groups is 1. The maximum Gasteiger partial charge on any atom is 0.271 e. The summed E-state index contributed by atoms with van der Waals surface area (Å²) in [4.78, 5) is 25.2. The number of unbranched alkanes of at least 4 members (excludes halogenated alkanes) is 1. The minimum Gasteiger partial charge on any atom is -0.494 e. The van der Waals surface area contributed by atoms with Gasteiger partial charge < -0.3 is 14.4 Å². The SMILES string of the molecule is CC(C)C1Oc2ccc([N+](=O)[O-])cc2N(CCCCOc2ccc(Cl)cc2)C1=O. The van der Waals surface area contributed by atoms with Gasteiger partial charge in [-0.3, -0.25) is 14.9 Å². The molecule has 8 heteroatoms. The number of amides is 1. The van der Waals surface area contributed by atoms with Gasteiger partial charge in [-0.1, -0.05) is 25.4 Å². The Morgan fingerprint density at radius 2 is 1.93 bits per heavy atom. The standard InChI is InChI=1S/C21H23ClN2O5/c1-14(2)20-21(25)23(18-13-16(24(26)27)7-10-19(18)29-20)11-3-4-12-28-17-8-5-15(22)6-9-17/h5-10,13-14,20H,3-4,11-12H2,1-2H3. The smallest absolute Gasteiger partial charge is 0.271 e. The van der Waals surface area contributed by atoms with Crippen LogP contribution in [0.15, 0.2) is 42.5 Å². The zero-order valence-electron chi connectivity index (χ0n) is 16.3. The van der Waals surface area contributed by atoms with Gasteiger partial charge in [0.05, 0.1) is 17.2 Å². The molecule has 1 aliphatic heterocycles. The van der Waals surface area contributed by atoms with Crippen molar-refractivity contribution < 1.29 is 19.2 Å². The van der Waals surface area contributed by atoms with Gasteiger partial charge in [0.1, 0.15) is 11.5 Å². The number of hydrogen-bond acceptors (Lipinski definition) is 5. The molecule has 1 atom stereocenters. The van der Waals surface area contributed by atoms with E-state index in [2.05, 4.69) is 0 Å². The van der Waals surface area contributed by atoms with Crippen molar-refractivity contribution in [2.45, 2.75) is 32.8 Å². The number of fused-ring (bicyclic) bond motifs is 1. The summed E-state index contributed by atoms with van der Waals surface area (Å²) in [5.41, 5.74) is 0.374. The van der Waals surface area contributed by atoms with Gasteiger partial charge in [0.2, 0.25) is 0 Å². The topological polar surface area (TPSA) is 81.9 Å². The highest BCUT2D eigenvalue weighted by Gasteiger charge is 2.36. The molecular weight excluding hydrogens is 396 g/mol. The molecule has 0 saturated heterocycles. The first-order valence-corrected chi connectivity index (χ1v) is 9.89. The first-order valence-electron chi connectivity index (χ1n) is 9.51. The number of ether oxygens (including phenoxy) is 2. The van der Waals surface area contributed by atoms with Gasteiger partial charge in [-0.2, -0.15) is 0 Å². The molecule has 0 bridgehead atoms. The van der Waals surface area contributed by atoms with Crippen molar-refractivity contribution in [3.8, 4) is 11.5 Å². The molecule has 0 saturated carbocycles. The molecule has 0 aromatic heterocycles. The van der Waals surface area contributed by atoms with Crippen LogP contribution in [0.25, 0.3) is 0 Å². The number of non-ortho nitro benzene ring substituents is 1. The number of nitro benzene ring substituents is 1. The van der Waals surface area contributed by atoms with E-state index in [0.717, 1.165) is 12.2 Å². The van der Waals surface area contributed by atoms with Crippen molar-refractivity contribution in [3.05, 3.63) is 57.6 Å². The van der Waals surface area contributed by atoms with Crippen LogP contribution in [-0.4, -0.2) is 30.1 Å². The van der Waals surface area contributed by atoms with Crippen LogP contribution >= 0.6 is 11.6 Å². The summed E-state index contributed by atoms with van der Waals surface area (Å²) in [5, 5.41) is 11.8. The molecule has 0 spiro atoms. The molecule has 1 heterocycles. The van der Waals surface area contributed by atoms with E-state index >= 15 is 0 Å². The molecule has 1 amide bonds. The van der Waals surface area contributed by atoms with E-state index in [1.165, 1.54) is 12.1 Å². The third kappa shape index (κ3) is 4.98. The summed E-state index contributed by atoms with van der Waals surface area (Å²) in [6.07, 6.45) is 0.810. The number of hydrogen-bond donors (Lipinski definition) is 0. The Kier molecular flexibility index (Phi) is 6.59. The Hall–Kier alpha value is -2.80. The van der Waals surface area contributed by atoms with Gasteiger partial charge in [0.15, 0.2) is 6.10 Å². The largest absolute Gasteiger partial charge is 0.494 e. The maximum atomic E-state index is 12.9. The number of benzene rings is 2. The van der Waals surface area contributed by atoms with Crippen LogP contribution in [-0.2, 0) is 4.79 Å². The van der Waals surface area contributed by atoms with E-state index in [0.29, 0.717) is 36.0 Å². The average molecular weight is 419 g/mol. The molecule has 0 N–H and O–H groups in total. The summed E-state index contributed by atoms with van der Waals surface area (Å²) >= 11 is 5.86. The Morgan fingerprint density at radius 3 is 2.59 bits per heavy atom. The summed E-state index contributed by atoms with van der Waals surface area (Å²) in [6, 6.07) is 11.5. The van der Waals surface area contributed by atoms with Crippen LogP contribution in [0.3, 0.4) is 0 Å². The van der Waals surface area contributed by atoms with Crippen molar-refractivity contribution in [3.63, 3.8) is 0 Å². The van der Waals surface area contributed by atoms with E-state index in [1.54, 1.807) is 35.2 Å². The molecule has 1 unspecified atom stereocenters. The lowest BCUT2D eigenvalue weighted by Gasteiger charge is -2.35. The zero-order chi connectivity index (χ0) is 21.0. The van der Waals surface area contributed by atoms with Gasteiger partial charge in [0, 0.05) is 23.7 Å². The highest BCUT2D eigenvalue weighted by atomic mass is 35.5. The normalized spacial score (nSPS) is 15.8. The van der Waals surface area contributed by atoms with E-state index in [4.69, 9.17) is 21.1 Å². The van der Waals surface area contributed by atoms with Gasteiger partial charge in [-0.15, -0.1) is 0 Å². The number of halogens is 1. The average Bonchev–Trinajstić information content (AvgIpc) is 2.69. The molecule has 7 nitrogen and oxygen atoms in total. The van der Waals surface area contributed by atoms with Crippen molar-refractivity contribution in [1.29, 1.82) is 0 Å². The summed E-state index contributed by atoms with van der Waals surface area (Å²) in [7, 11) is 0. The second kappa shape index (κ2) is 9.13. The number of rotatable bonds is 8. The molecule has 0 radical (unpaired) electrons. The van der Waals surface area contributed by atoms with Gasteiger partial charge in [0.25, 0.3) is 11.6 Å². The molecule has 0 aliphatic carbocycles. The lowest BCUT2D eigenvalue weighted by molar-refractivity contribution is -0.384. The highest BCUT2D eigenvalue weighted by molar-refractivity contribution is 6.30. The molecule has 2 aromatic carbocycles. The first kappa shape index (κ1) is 20.9. The van der Waals surface area contributed by atoms with E-state index in [9.17, 15) is 14.9 Å². The highest BCUT2D eigenvalue weighted by Crippen LogP contribution is 2.38. The van der Waals surface area contributed by atoms with Crippen LogP contribution in [0.4, 0.5) is 11.4 Å². The fraction of sp³-hybridized carbons (Fsp3) is 0.381. The van der Waals surface area contributed by atoms with E-state index in [-0.39, 0.29) is 17.5 Å². The number of nitrogens with zero attached hydrogens (tertiary/aromatic N) is 2. The molecule has 2 aromatic rings. The second-order valence-electron chi connectivity index (χ2n) is 7.19. The van der Waals surface area contributed by atoms with Crippen LogP contribution < -0.4 is 14.4 Å². The van der Waals surface area contributed by atoms with Crippen LogP contribution in [0, 0.1) is 16.0 Å². The molecule has 1 aliphatic rings. The van der Waals surface area contributed by atoms with E-state index in [1.807, 2.05) is 13.8 Å². The van der Waals surface area contributed by atoms with Crippen molar-refractivity contribution in [1.82, 2.24) is 0 Å². The maximum absolute atomic E-state index is 12.9. The van der Waals surface area contributed by atoms with Crippen LogP contribution in [0.1, 0.15) is 26.7 Å². The van der Waals surface area contributed by atoms with Crippen LogP contribution in [0.2, 0.25) is 5.02 Å². The van der Waals surface area contributed by atoms with E-state index < -0.39 is 11.0 Å². The molecule has 154 valence electrons. The Morgan fingerprint density at radius 1 is 1.21 bits per heavy atom.